The molecule has 0 aliphatic rings. The second-order valence-electron chi connectivity index (χ2n) is 13.9. The average molecular weight is 735 g/mol. The molecule has 1 heterocycles. The van der Waals surface area contributed by atoms with E-state index in [0.717, 1.165) is 66.8 Å². The molecule has 0 aliphatic heterocycles. The maximum Gasteiger partial charge on any atom is 0.0645 e. The number of rotatable bonds is 9. The number of hydrogen-bond donors (Lipinski definition) is 0. The first-order valence-electron chi connectivity index (χ1n) is 21.5. The first kappa shape index (κ1) is 28.8. The zero-order chi connectivity index (χ0) is 42.3. The van der Waals surface area contributed by atoms with Gasteiger partial charge in [0, 0.05) is 50.6 Å². The lowest BCUT2D eigenvalue weighted by Crippen LogP contribution is -2.13. The summed E-state index contributed by atoms with van der Waals surface area (Å²) in [4.78, 5) is 3.95. The summed E-state index contributed by atoms with van der Waals surface area (Å²) in [5.41, 5.74) is 11.4. The monoisotopic (exact) mass is 734 g/mol. The Balaban J connectivity index is 1.14. The van der Waals surface area contributed by atoms with Crippen LogP contribution in [-0.4, -0.2) is 4.57 Å². The highest BCUT2D eigenvalue weighted by molar-refractivity contribution is 6.10. The predicted molar refractivity (Wildman–Crippen MR) is 241 cm³/mol. The average Bonchev–Trinajstić information content (AvgIpc) is 3.66. The van der Waals surface area contributed by atoms with Crippen LogP contribution in [0.2, 0.25) is 0 Å². The van der Waals surface area contributed by atoms with Crippen molar-refractivity contribution >= 4 is 55.9 Å². The van der Waals surface area contributed by atoms with Gasteiger partial charge in [-0.05, 0) is 113 Å². The highest BCUT2D eigenvalue weighted by atomic mass is 15.2. The minimum atomic E-state index is -0.442. The second kappa shape index (κ2) is 14.9. The third kappa shape index (κ3) is 6.52. The molecule has 0 atom stereocenters. The van der Waals surface area contributed by atoms with Crippen LogP contribution in [-0.2, 0) is 0 Å². The van der Waals surface area contributed by atoms with Crippen molar-refractivity contribution < 1.29 is 6.85 Å². The van der Waals surface area contributed by atoms with E-state index in [1.807, 2.05) is 103 Å². The van der Waals surface area contributed by atoms with Crippen molar-refractivity contribution in [2.45, 2.75) is 0 Å². The van der Waals surface area contributed by atoms with Gasteiger partial charge in [0.1, 0.15) is 0 Å². The molecule has 57 heavy (non-hydrogen) atoms. The normalized spacial score (nSPS) is 12.4. The zero-order valence-corrected chi connectivity index (χ0v) is 31.0. The van der Waals surface area contributed by atoms with E-state index in [9.17, 15) is 2.74 Å². The van der Waals surface area contributed by atoms with Gasteiger partial charge in [0.25, 0.3) is 0 Å². The van der Waals surface area contributed by atoms with Crippen molar-refractivity contribution in [3.63, 3.8) is 0 Å². The molecule has 1 aromatic heterocycles. The Hall–Kier alpha value is -7.62. The van der Waals surface area contributed by atoms with Crippen molar-refractivity contribution in [3.05, 3.63) is 236 Å². The molecule has 0 saturated heterocycles. The Morgan fingerprint density at radius 2 is 0.807 bits per heavy atom. The minimum Gasteiger partial charge on any atom is -0.310 e. The summed E-state index contributed by atoms with van der Waals surface area (Å²) >= 11 is 0. The van der Waals surface area contributed by atoms with Crippen LogP contribution in [0.25, 0.3) is 49.7 Å². The van der Waals surface area contributed by atoms with E-state index < -0.39 is 18.1 Å². The Morgan fingerprint density at radius 3 is 1.54 bits per heavy atom. The molecule has 0 saturated carbocycles. The number of aromatic nitrogens is 1. The van der Waals surface area contributed by atoms with Crippen LogP contribution in [0.5, 0.6) is 0 Å². The Labute approximate surface area is 340 Å². The van der Waals surface area contributed by atoms with Crippen molar-refractivity contribution in [3.8, 4) is 27.9 Å². The molecule has 0 radical (unpaired) electrons. The van der Waals surface area contributed by atoms with Gasteiger partial charge in [0.05, 0.1) is 17.9 Å². The molecule has 0 bridgehead atoms. The number of fused-ring (bicyclic) bond motifs is 3. The molecule has 9 aromatic carbocycles. The van der Waals surface area contributed by atoms with Gasteiger partial charge in [-0.2, -0.15) is 0 Å². The second-order valence-corrected chi connectivity index (χ2v) is 13.9. The van der Waals surface area contributed by atoms with Gasteiger partial charge in [0.15, 0.2) is 0 Å². The van der Waals surface area contributed by atoms with Gasteiger partial charge >= 0.3 is 0 Å². The smallest absolute Gasteiger partial charge is 0.0645 e. The summed E-state index contributed by atoms with van der Waals surface area (Å²) in [6, 6.07) is 68.1. The van der Waals surface area contributed by atoms with E-state index >= 15 is 0 Å². The van der Waals surface area contributed by atoms with Crippen molar-refractivity contribution in [1.82, 2.24) is 4.57 Å². The van der Waals surface area contributed by atoms with Crippen LogP contribution in [0.3, 0.4) is 0 Å². The van der Waals surface area contributed by atoms with E-state index in [1.54, 1.807) is 4.90 Å². The Morgan fingerprint density at radius 1 is 0.316 bits per heavy atom. The molecule has 0 unspecified atom stereocenters. The van der Waals surface area contributed by atoms with Crippen molar-refractivity contribution in [2.24, 2.45) is 0 Å². The lowest BCUT2D eigenvalue weighted by atomic mass is 10.0. The molecule has 270 valence electrons. The summed E-state index contributed by atoms with van der Waals surface area (Å²) in [6.45, 7) is 0. The SMILES string of the molecule is [2H]c1c([2H])c([2H])c(N(c2cccc(-c3ccc4c5ccccc5n(-c5ccccc5)c4c3)c2)c2cccc(N(c3ccccc3)c3ccc(-c4ccccc4)cc3)c2)c([2H])c1[2H]. The third-order valence-electron chi connectivity index (χ3n) is 10.4. The van der Waals surface area contributed by atoms with Crippen LogP contribution >= 0.6 is 0 Å². The van der Waals surface area contributed by atoms with Gasteiger partial charge in [0.2, 0.25) is 0 Å². The maximum absolute atomic E-state index is 9.20. The standard InChI is InChI=1S/C54H39N3/c1-5-17-40(18-6-1)41-31-34-47(35-32-41)55(44-20-7-2-8-21-44)49-27-16-28-50(39-49)56(45-22-9-3-10-23-45)48-26-15-19-42(37-48)43-33-36-52-51-29-13-14-30-53(51)57(54(52)38-43)46-24-11-4-12-25-46/h1-39H/i3D,9D,10D,22D,23D. The van der Waals surface area contributed by atoms with Crippen molar-refractivity contribution in [1.29, 1.82) is 0 Å². The molecule has 0 fully saturated rings. The topological polar surface area (TPSA) is 11.4 Å². The summed E-state index contributed by atoms with van der Waals surface area (Å²) in [6.07, 6.45) is 0. The fourth-order valence-electron chi connectivity index (χ4n) is 7.82. The van der Waals surface area contributed by atoms with E-state index in [2.05, 4.69) is 113 Å². The van der Waals surface area contributed by atoms with Crippen LogP contribution in [0, 0.1) is 0 Å². The number of benzene rings is 9. The predicted octanol–water partition coefficient (Wildman–Crippen LogP) is 15.1. The molecule has 0 spiro atoms. The van der Waals surface area contributed by atoms with E-state index in [-0.39, 0.29) is 17.8 Å². The molecule has 3 nitrogen and oxygen atoms in total. The lowest BCUT2D eigenvalue weighted by Gasteiger charge is -2.29. The fourth-order valence-corrected chi connectivity index (χ4v) is 7.82. The van der Waals surface area contributed by atoms with E-state index in [1.165, 1.54) is 0 Å². The molecule has 3 heteroatoms. The van der Waals surface area contributed by atoms with Gasteiger partial charge < -0.3 is 14.4 Å². The number of hydrogen-bond acceptors (Lipinski definition) is 2. The van der Waals surface area contributed by atoms with Crippen LogP contribution in [0.15, 0.2) is 236 Å². The molecular formula is C54H39N3. The van der Waals surface area contributed by atoms with E-state index in [4.69, 9.17) is 4.11 Å². The van der Waals surface area contributed by atoms with Gasteiger partial charge in [-0.1, -0.05) is 146 Å². The summed E-state index contributed by atoms with van der Waals surface area (Å²) in [5, 5.41) is 2.30. The van der Waals surface area contributed by atoms with Gasteiger partial charge in [-0.3, -0.25) is 0 Å². The fraction of sp³-hybridized carbons (Fsp3) is 0. The largest absolute Gasteiger partial charge is 0.310 e. The number of nitrogens with zero attached hydrogens (tertiary/aromatic N) is 3. The molecular weight excluding hydrogens is 691 g/mol. The molecule has 0 N–H and O–H groups in total. The Bertz CT molecular complexity index is 3210. The highest BCUT2D eigenvalue weighted by Crippen LogP contribution is 2.42. The minimum absolute atomic E-state index is 0.0587. The molecule has 0 aliphatic carbocycles. The number of para-hydroxylation sites is 4. The first-order valence-corrected chi connectivity index (χ1v) is 19.0. The zero-order valence-electron chi connectivity index (χ0n) is 36.0. The van der Waals surface area contributed by atoms with Gasteiger partial charge in [-0.15, -0.1) is 0 Å². The third-order valence-corrected chi connectivity index (χ3v) is 10.4. The molecule has 10 rings (SSSR count). The van der Waals surface area contributed by atoms with Gasteiger partial charge in [-0.25, -0.2) is 0 Å². The van der Waals surface area contributed by atoms with E-state index in [0.29, 0.717) is 11.4 Å². The molecule has 10 aromatic rings. The lowest BCUT2D eigenvalue weighted by molar-refractivity contribution is 1.18. The first-order chi connectivity index (χ1) is 30.4. The Kier molecular flexibility index (Phi) is 7.52. The summed E-state index contributed by atoms with van der Waals surface area (Å²) in [7, 11) is 0. The summed E-state index contributed by atoms with van der Waals surface area (Å²) in [5.74, 6) is 0. The molecule has 0 amide bonds. The summed E-state index contributed by atoms with van der Waals surface area (Å²) < 4.78 is 46.6. The van der Waals surface area contributed by atoms with Crippen LogP contribution in [0.1, 0.15) is 6.85 Å². The van der Waals surface area contributed by atoms with Crippen LogP contribution < -0.4 is 9.80 Å². The maximum atomic E-state index is 9.20. The highest BCUT2D eigenvalue weighted by Gasteiger charge is 2.19. The van der Waals surface area contributed by atoms with Crippen molar-refractivity contribution in [2.75, 3.05) is 9.80 Å². The quantitative estimate of drug-likeness (QED) is 0.146. The number of anilines is 6. The van der Waals surface area contributed by atoms with Crippen LogP contribution in [0.4, 0.5) is 34.1 Å².